The molecular formula is C21H26N6O2. The molecule has 0 radical (unpaired) electrons. The van der Waals surface area contributed by atoms with Crippen molar-refractivity contribution in [1.29, 1.82) is 0 Å². The van der Waals surface area contributed by atoms with E-state index in [1.165, 1.54) is 5.56 Å². The second kappa shape index (κ2) is 8.06. The number of aromatic nitrogens is 4. The van der Waals surface area contributed by atoms with Crippen LogP contribution < -0.4 is 15.0 Å². The molecule has 0 atom stereocenters. The molecule has 8 heteroatoms. The molecule has 0 unspecified atom stereocenters. The fourth-order valence-corrected chi connectivity index (χ4v) is 3.98. The highest BCUT2D eigenvalue weighted by Crippen LogP contribution is 2.29. The predicted molar refractivity (Wildman–Crippen MR) is 111 cm³/mol. The number of carbonyl (C=O) groups excluding carboxylic acids is 1. The van der Waals surface area contributed by atoms with E-state index in [1.54, 1.807) is 13.4 Å². The van der Waals surface area contributed by atoms with E-state index in [4.69, 9.17) is 4.74 Å². The zero-order chi connectivity index (χ0) is 20.4. The SMILES string of the molecule is CCc1c(C)nc2ncnn2c1N1CCC(C(=O)Nc2ccc(OC)cc2)CC1. The first kappa shape index (κ1) is 19.2. The molecule has 0 saturated carbocycles. The fourth-order valence-electron chi connectivity index (χ4n) is 3.98. The third kappa shape index (κ3) is 3.74. The van der Waals surface area contributed by atoms with E-state index < -0.39 is 0 Å². The molecule has 0 aliphatic carbocycles. The number of piperidine rings is 1. The summed E-state index contributed by atoms with van der Waals surface area (Å²) >= 11 is 0. The van der Waals surface area contributed by atoms with Gasteiger partial charge in [0.15, 0.2) is 0 Å². The van der Waals surface area contributed by atoms with Gasteiger partial charge in [0.1, 0.15) is 17.9 Å². The average Bonchev–Trinajstić information content (AvgIpc) is 3.21. The van der Waals surface area contributed by atoms with Crippen LogP contribution in [-0.2, 0) is 11.2 Å². The third-order valence-electron chi connectivity index (χ3n) is 5.58. The zero-order valence-electron chi connectivity index (χ0n) is 17.1. The lowest BCUT2D eigenvalue weighted by molar-refractivity contribution is -0.120. The third-order valence-corrected chi connectivity index (χ3v) is 5.58. The van der Waals surface area contributed by atoms with Gasteiger partial charge in [0.05, 0.1) is 7.11 Å². The van der Waals surface area contributed by atoms with E-state index in [9.17, 15) is 4.79 Å². The molecule has 8 nitrogen and oxygen atoms in total. The normalized spacial score (nSPS) is 14.9. The van der Waals surface area contributed by atoms with Crippen molar-refractivity contribution in [2.75, 3.05) is 30.4 Å². The molecule has 152 valence electrons. The Morgan fingerprint density at radius 3 is 2.62 bits per heavy atom. The summed E-state index contributed by atoms with van der Waals surface area (Å²) in [6, 6.07) is 7.42. The van der Waals surface area contributed by atoms with Crippen LogP contribution in [0.3, 0.4) is 0 Å². The van der Waals surface area contributed by atoms with Crippen LogP contribution in [0.25, 0.3) is 5.78 Å². The lowest BCUT2D eigenvalue weighted by Gasteiger charge is -2.34. The van der Waals surface area contributed by atoms with Crippen LogP contribution in [0.4, 0.5) is 11.5 Å². The second-order valence-corrected chi connectivity index (χ2v) is 7.30. The summed E-state index contributed by atoms with van der Waals surface area (Å²) in [4.78, 5) is 23.8. The maximum Gasteiger partial charge on any atom is 0.254 e. The summed E-state index contributed by atoms with van der Waals surface area (Å²) in [5.74, 6) is 2.51. The molecule has 1 fully saturated rings. The summed E-state index contributed by atoms with van der Waals surface area (Å²) in [6.07, 6.45) is 4.01. The van der Waals surface area contributed by atoms with Gasteiger partial charge in [-0.3, -0.25) is 4.79 Å². The van der Waals surface area contributed by atoms with Gasteiger partial charge in [0, 0.05) is 36.0 Å². The maximum absolute atomic E-state index is 12.7. The highest BCUT2D eigenvalue weighted by atomic mass is 16.5. The number of nitrogens with one attached hydrogen (secondary N) is 1. The van der Waals surface area contributed by atoms with Crippen molar-refractivity contribution < 1.29 is 9.53 Å². The van der Waals surface area contributed by atoms with E-state index in [0.717, 1.165) is 55.3 Å². The molecule has 3 heterocycles. The lowest BCUT2D eigenvalue weighted by Crippen LogP contribution is -2.39. The van der Waals surface area contributed by atoms with Crippen LogP contribution in [-0.4, -0.2) is 45.7 Å². The lowest BCUT2D eigenvalue weighted by atomic mass is 9.95. The molecule has 1 aromatic carbocycles. The summed E-state index contributed by atoms with van der Waals surface area (Å²) in [6.45, 7) is 5.75. The van der Waals surface area contributed by atoms with Crippen LogP contribution in [0.2, 0.25) is 0 Å². The second-order valence-electron chi connectivity index (χ2n) is 7.30. The van der Waals surface area contributed by atoms with Gasteiger partial charge in [-0.05, 0) is 50.5 Å². The number of fused-ring (bicyclic) bond motifs is 1. The Kier molecular flexibility index (Phi) is 5.33. The summed E-state index contributed by atoms with van der Waals surface area (Å²) in [7, 11) is 1.63. The first-order valence-electron chi connectivity index (χ1n) is 9.99. The standard InChI is InChI=1S/C21H26N6O2/c1-4-18-14(2)24-21-22-13-23-27(21)20(18)26-11-9-15(10-12-26)19(28)25-16-5-7-17(29-3)8-6-16/h5-8,13,15H,4,9-12H2,1-3H3,(H,25,28). The number of anilines is 2. The van der Waals surface area contributed by atoms with Gasteiger partial charge in [-0.1, -0.05) is 6.92 Å². The largest absolute Gasteiger partial charge is 0.497 e. The summed E-state index contributed by atoms with van der Waals surface area (Å²) in [5, 5.41) is 7.40. The molecule has 29 heavy (non-hydrogen) atoms. The number of benzene rings is 1. The van der Waals surface area contributed by atoms with E-state index in [1.807, 2.05) is 35.7 Å². The van der Waals surface area contributed by atoms with Crippen LogP contribution in [0.15, 0.2) is 30.6 Å². The Balaban J connectivity index is 1.46. The molecule has 4 rings (SSSR count). The number of methoxy groups -OCH3 is 1. The van der Waals surface area contributed by atoms with Gasteiger partial charge in [0.2, 0.25) is 5.91 Å². The van der Waals surface area contributed by atoms with Gasteiger partial charge in [0.25, 0.3) is 5.78 Å². The first-order valence-corrected chi connectivity index (χ1v) is 9.99. The Morgan fingerprint density at radius 2 is 1.97 bits per heavy atom. The Hall–Kier alpha value is -3.16. The van der Waals surface area contributed by atoms with Crippen LogP contribution in [0.1, 0.15) is 31.0 Å². The fraction of sp³-hybridized carbons (Fsp3) is 0.429. The number of rotatable bonds is 5. The summed E-state index contributed by atoms with van der Waals surface area (Å²) < 4.78 is 6.99. The highest BCUT2D eigenvalue weighted by Gasteiger charge is 2.28. The average molecular weight is 394 g/mol. The van der Waals surface area contributed by atoms with Crippen molar-refractivity contribution in [3.8, 4) is 5.75 Å². The maximum atomic E-state index is 12.7. The Bertz CT molecular complexity index is 1010. The van der Waals surface area contributed by atoms with E-state index in [-0.39, 0.29) is 11.8 Å². The van der Waals surface area contributed by atoms with Crippen LogP contribution >= 0.6 is 0 Å². The van der Waals surface area contributed by atoms with Crippen molar-refractivity contribution >= 4 is 23.2 Å². The number of amides is 1. The number of hydrogen-bond donors (Lipinski definition) is 1. The summed E-state index contributed by atoms with van der Waals surface area (Å²) in [5.41, 5.74) is 2.96. The van der Waals surface area contributed by atoms with Gasteiger partial charge >= 0.3 is 0 Å². The molecular weight excluding hydrogens is 368 g/mol. The van der Waals surface area contributed by atoms with Crippen molar-refractivity contribution in [2.24, 2.45) is 5.92 Å². The van der Waals surface area contributed by atoms with Gasteiger partial charge < -0.3 is 15.0 Å². The Labute approximate surface area is 169 Å². The minimum Gasteiger partial charge on any atom is -0.497 e. The van der Waals surface area contributed by atoms with Gasteiger partial charge in [-0.15, -0.1) is 0 Å². The van der Waals surface area contributed by atoms with Crippen molar-refractivity contribution in [3.63, 3.8) is 0 Å². The van der Waals surface area contributed by atoms with Crippen molar-refractivity contribution in [2.45, 2.75) is 33.1 Å². The molecule has 3 aromatic rings. The molecule has 2 aromatic heterocycles. The molecule has 1 aliphatic heterocycles. The Morgan fingerprint density at radius 1 is 1.24 bits per heavy atom. The molecule has 1 saturated heterocycles. The smallest absolute Gasteiger partial charge is 0.254 e. The number of aryl methyl sites for hydroxylation is 1. The molecule has 0 bridgehead atoms. The molecule has 1 N–H and O–H groups in total. The van der Waals surface area contributed by atoms with Gasteiger partial charge in [-0.25, -0.2) is 4.98 Å². The number of nitrogens with zero attached hydrogens (tertiary/aromatic N) is 5. The monoisotopic (exact) mass is 394 g/mol. The van der Waals surface area contributed by atoms with Crippen LogP contribution in [0, 0.1) is 12.8 Å². The number of ether oxygens (including phenoxy) is 1. The predicted octanol–water partition coefficient (Wildman–Crippen LogP) is 2.86. The molecule has 1 aliphatic rings. The van der Waals surface area contributed by atoms with Crippen LogP contribution in [0.5, 0.6) is 5.75 Å². The van der Waals surface area contributed by atoms with Crippen molar-refractivity contribution in [1.82, 2.24) is 19.6 Å². The van der Waals surface area contributed by atoms with Gasteiger partial charge in [-0.2, -0.15) is 14.6 Å². The van der Waals surface area contributed by atoms with E-state index in [0.29, 0.717) is 5.78 Å². The minimum absolute atomic E-state index is 0.00685. The first-order chi connectivity index (χ1) is 14.1. The minimum atomic E-state index is -0.00685. The zero-order valence-corrected chi connectivity index (χ0v) is 17.1. The number of carbonyl (C=O) groups is 1. The highest BCUT2D eigenvalue weighted by molar-refractivity contribution is 5.92. The number of hydrogen-bond acceptors (Lipinski definition) is 6. The van der Waals surface area contributed by atoms with E-state index >= 15 is 0 Å². The van der Waals surface area contributed by atoms with E-state index in [2.05, 4.69) is 32.2 Å². The quantitative estimate of drug-likeness (QED) is 0.716. The molecule has 0 spiro atoms. The topological polar surface area (TPSA) is 84.7 Å². The molecule has 1 amide bonds. The van der Waals surface area contributed by atoms with Crippen molar-refractivity contribution in [3.05, 3.63) is 41.9 Å².